The zero-order valence-electron chi connectivity index (χ0n) is 21.3. The third kappa shape index (κ3) is 3.59. The van der Waals surface area contributed by atoms with Gasteiger partial charge in [0.1, 0.15) is 0 Å². The van der Waals surface area contributed by atoms with Crippen molar-refractivity contribution in [1.82, 2.24) is 0 Å². The van der Waals surface area contributed by atoms with Crippen LogP contribution in [0.3, 0.4) is 0 Å². The van der Waals surface area contributed by atoms with Crippen LogP contribution in [-0.4, -0.2) is 0 Å². The van der Waals surface area contributed by atoms with Crippen LogP contribution in [0.2, 0.25) is 0 Å². The van der Waals surface area contributed by atoms with Gasteiger partial charge in [0.2, 0.25) is 0 Å². The molecule has 0 spiro atoms. The third-order valence-corrected chi connectivity index (χ3v) is 9.01. The third-order valence-electron chi connectivity index (χ3n) is 7.88. The molecule has 182 valence electrons. The lowest BCUT2D eigenvalue weighted by Gasteiger charge is -2.18. The Morgan fingerprint density at radius 1 is 0.282 bits per heavy atom. The second-order valence-corrected chi connectivity index (χ2v) is 11.2. The second-order valence-electron chi connectivity index (χ2n) is 10.1. The van der Waals surface area contributed by atoms with Crippen LogP contribution in [0.5, 0.6) is 0 Å². The molecule has 8 aromatic rings. The Balaban J connectivity index is 1.30. The van der Waals surface area contributed by atoms with Crippen molar-refractivity contribution < 1.29 is 0 Å². The molecule has 7 aromatic carbocycles. The molecule has 1 heterocycles. The van der Waals surface area contributed by atoms with Crippen LogP contribution in [0.4, 0.5) is 0 Å². The highest BCUT2D eigenvalue weighted by Gasteiger charge is 2.16. The maximum atomic E-state index is 2.34. The second kappa shape index (κ2) is 8.94. The van der Waals surface area contributed by atoms with Crippen molar-refractivity contribution in [2.45, 2.75) is 0 Å². The first kappa shape index (κ1) is 22.3. The van der Waals surface area contributed by atoms with E-state index in [9.17, 15) is 0 Å². The Labute approximate surface area is 231 Å². The van der Waals surface area contributed by atoms with Crippen molar-refractivity contribution in [3.8, 4) is 33.4 Å². The molecule has 0 atom stereocenters. The van der Waals surface area contributed by atoms with Crippen LogP contribution in [0, 0.1) is 0 Å². The average molecular weight is 513 g/mol. The fourth-order valence-electron chi connectivity index (χ4n) is 6.09. The zero-order chi connectivity index (χ0) is 25.8. The molecular weight excluding hydrogens is 488 g/mol. The minimum Gasteiger partial charge on any atom is -0.135 e. The van der Waals surface area contributed by atoms with E-state index in [1.54, 1.807) is 0 Å². The summed E-state index contributed by atoms with van der Waals surface area (Å²) in [6.45, 7) is 0. The first-order valence-electron chi connectivity index (χ1n) is 13.4. The molecule has 0 radical (unpaired) electrons. The van der Waals surface area contributed by atoms with Crippen LogP contribution in [0.1, 0.15) is 0 Å². The quantitative estimate of drug-likeness (QED) is 0.207. The van der Waals surface area contributed by atoms with Gasteiger partial charge in [-0.3, -0.25) is 0 Å². The topological polar surface area (TPSA) is 0 Å². The average Bonchev–Trinajstić information content (AvgIpc) is 3.38. The molecule has 0 unspecified atom stereocenters. The Bertz CT molecular complexity index is 2090. The number of fused-ring (bicyclic) bond motifs is 5. The van der Waals surface area contributed by atoms with Gasteiger partial charge in [-0.1, -0.05) is 133 Å². The minimum atomic E-state index is 1.24. The maximum Gasteiger partial charge on any atom is 0.0361 e. The molecule has 0 N–H and O–H groups in total. The predicted octanol–water partition coefficient (Wildman–Crippen LogP) is 11.4. The van der Waals surface area contributed by atoms with E-state index in [0.717, 1.165) is 0 Å². The number of benzene rings is 7. The number of rotatable bonds is 3. The van der Waals surface area contributed by atoms with Gasteiger partial charge in [0.05, 0.1) is 0 Å². The van der Waals surface area contributed by atoms with Gasteiger partial charge in [-0.15, -0.1) is 11.3 Å². The highest BCUT2D eigenvalue weighted by Crippen LogP contribution is 2.44. The number of hydrogen-bond donors (Lipinski definition) is 0. The van der Waals surface area contributed by atoms with Gasteiger partial charge >= 0.3 is 0 Å². The van der Waals surface area contributed by atoms with Gasteiger partial charge in [0.25, 0.3) is 0 Å². The van der Waals surface area contributed by atoms with E-state index in [1.165, 1.54) is 75.1 Å². The van der Waals surface area contributed by atoms with Crippen LogP contribution in [0.15, 0.2) is 146 Å². The van der Waals surface area contributed by atoms with Gasteiger partial charge in [-0.25, -0.2) is 0 Å². The Kier molecular flexibility index (Phi) is 5.11. The molecule has 0 saturated heterocycles. The van der Waals surface area contributed by atoms with E-state index in [-0.39, 0.29) is 0 Å². The number of hydrogen-bond acceptors (Lipinski definition) is 1. The summed E-state index contributed by atoms with van der Waals surface area (Å²) >= 11 is 1.87. The molecule has 8 rings (SSSR count). The highest BCUT2D eigenvalue weighted by molar-refractivity contribution is 7.25. The molecule has 0 aliphatic carbocycles. The zero-order valence-corrected chi connectivity index (χ0v) is 22.1. The Hall–Kier alpha value is -4.72. The fourth-order valence-corrected chi connectivity index (χ4v) is 7.24. The summed E-state index contributed by atoms with van der Waals surface area (Å²) in [5.41, 5.74) is 7.60. The normalized spacial score (nSPS) is 11.6. The molecule has 0 fully saturated rings. The summed E-state index contributed by atoms with van der Waals surface area (Å²) in [6, 6.07) is 53.2. The molecule has 0 aliphatic rings. The van der Waals surface area contributed by atoms with E-state index in [1.807, 2.05) is 11.3 Å². The monoisotopic (exact) mass is 512 g/mol. The van der Waals surface area contributed by atoms with E-state index in [4.69, 9.17) is 0 Å². The van der Waals surface area contributed by atoms with Crippen molar-refractivity contribution in [2.75, 3.05) is 0 Å². The first-order valence-corrected chi connectivity index (χ1v) is 14.2. The van der Waals surface area contributed by atoms with Crippen LogP contribution >= 0.6 is 11.3 Å². The van der Waals surface area contributed by atoms with Crippen LogP contribution < -0.4 is 0 Å². The molecule has 0 bridgehead atoms. The van der Waals surface area contributed by atoms with Crippen molar-refractivity contribution in [3.05, 3.63) is 146 Å². The lowest BCUT2D eigenvalue weighted by atomic mass is 9.86. The van der Waals surface area contributed by atoms with Gasteiger partial charge in [-0.2, -0.15) is 0 Å². The van der Waals surface area contributed by atoms with Gasteiger partial charge in [-0.05, 0) is 67.1 Å². The van der Waals surface area contributed by atoms with E-state index >= 15 is 0 Å². The summed E-state index contributed by atoms with van der Waals surface area (Å²) in [5, 5.41) is 7.84. The largest absolute Gasteiger partial charge is 0.135 e. The molecule has 0 aliphatic heterocycles. The van der Waals surface area contributed by atoms with Crippen molar-refractivity contribution in [2.24, 2.45) is 0 Å². The molecule has 0 nitrogen and oxygen atoms in total. The van der Waals surface area contributed by atoms with Crippen molar-refractivity contribution in [3.63, 3.8) is 0 Å². The Morgan fingerprint density at radius 2 is 0.718 bits per heavy atom. The van der Waals surface area contributed by atoms with E-state index < -0.39 is 0 Å². The maximum absolute atomic E-state index is 2.34. The van der Waals surface area contributed by atoms with Crippen LogP contribution in [-0.2, 0) is 0 Å². The van der Waals surface area contributed by atoms with Crippen molar-refractivity contribution >= 4 is 53.1 Å². The van der Waals surface area contributed by atoms with E-state index in [2.05, 4.69) is 146 Å². The molecule has 0 amide bonds. The molecule has 0 saturated carbocycles. The summed E-state index contributed by atoms with van der Waals surface area (Å²) in [4.78, 5) is 0. The SMILES string of the molecule is c1ccc(-c2c3ccccc3c(-c3ccc(-c4ccc5c(c4)sc4ccccc45)cc3)c3ccccc23)cc1. The lowest BCUT2D eigenvalue weighted by molar-refractivity contribution is 1.63. The van der Waals surface area contributed by atoms with Gasteiger partial charge < -0.3 is 0 Å². The predicted molar refractivity (Wildman–Crippen MR) is 171 cm³/mol. The van der Waals surface area contributed by atoms with Crippen molar-refractivity contribution in [1.29, 1.82) is 0 Å². The van der Waals surface area contributed by atoms with Gasteiger partial charge in [0.15, 0.2) is 0 Å². The summed E-state index contributed by atoms with van der Waals surface area (Å²) in [6.07, 6.45) is 0. The highest BCUT2D eigenvalue weighted by atomic mass is 32.1. The molecule has 1 aromatic heterocycles. The molecule has 1 heteroatoms. The summed E-state index contributed by atoms with van der Waals surface area (Å²) in [7, 11) is 0. The molecular formula is C38H24S. The minimum absolute atomic E-state index is 1.24. The fraction of sp³-hybridized carbons (Fsp3) is 0. The number of thiophene rings is 1. The Morgan fingerprint density at radius 3 is 1.33 bits per heavy atom. The molecule has 39 heavy (non-hydrogen) atoms. The smallest absolute Gasteiger partial charge is 0.0361 e. The lowest BCUT2D eigenvalue weighted by Crippen LogP contribution is -1.90. The van der Waals surface area contributed by atoms with Crippen LogP contribution in [0.25, 0.3) is 75.1 Å². The standard InChI is InChI=1S/C38H24S/c1-2-10-26(11-3-1)37-31-13-4-6-15-33(31)38(34-16-7-5-14-32(34)37)27-20-18-25(19-21-27)28-22-23-30-29-12-8-9-17-35(29)39-36(30)24-28/h1-24H. The first-order chi connectivity index (χ1) is 19.3. The summed E-state index contributed by atoms with van der Waals surface area (Å²) < 4.78 is 2.68. The van der Waals surface area contributed by atoms with E-state index in [0.29, 0.717) is 0 Å². The van der Waals surface area contributed by atoms with Gasteiger partial charge in [0, 0.05) is 20.2 Å². The summed E-state index contributed by atoms with van der Waals surface area (Å²) in [5.74, 6) is 0.